The number of benzene rings is 1. The maximum atomic E-state index is 11.4. The van der Waals surface area contributed by atoms with Gasteiger partial charge in [-0.1, -0.05) is 12.1 Å². The minimum Gasteiger partial charge on any atom is -0.376 e. The molecule has 0 amide bonds. The van der Waals surface area contributed by atoms with E-state index in [1.807, 2.05) is 31.2 Å². The summed E-state index contributed by atoms with van der Waals surface area (Å²) in [5, 5.41) is 3.33. The molecule has 0 saturated carbocycles. The summed E-state index contributed by atoms with van der Waals surface area (Å²) >= 11 is 5.09. The topological polar surface area (TPSA) is 58.2 Å². The van der Waals surface area contributed by atoms with Gasteiger partial charge in [-0.05, 0) is 47.1 Å². The first-order valence-corrected chi connectivity index (χ1v) is 9.44. The van der Waals surface area contributed by atoms with Crippen molar-refractivity contribution >= 4 is 48.7 Å². The third kappa shape index (κ3) is 4.22. The number of para-hydroxylation sites is 2. The average molecular weight is 375 g/mol. The highest BCUT2D eigenvalue weighted by molar-refractivity contribution is 9.11. The van der Waals surface area contributed by atoms with Crippen LogP contribution in [0.4, 0.5) is 11.4 Å². The van der Waals surface area contributed by atoms with E-state index in [4.69, 9.17) is 0 Å². The lowest BCUT2D eigenvalue weighted by Gasteiger charge is -2.17. The largest absolute Gasteiger partial charge is 0.376 e. The fraction of sp³-hybridized carbons (Fsp3) is 0.231. The Morgan fingerprint density at radius 2 is 1.80 bits per heavy atom. The SMILES string of the molecule is CC(Nc1ccccc1NS(C)(=O)=O)c1ccc(Br)s1. The van der Waals surface area contributed by atoms with Crippen LogP contribution in [0.3, 0.4) is 0 Å². The summed E-state index contributed by atoms with van der Waals surface area (Å²) in [6.07, 6.45) is 1.14. The van der Waals surface area contributed by atoms with Crippen molar-refractivity contribution in [1.82, 2.24) is 0 Å². The lowest BCUT2D eigenvalue weighted by atomic mass is 10.2. The molecular formula is C13H15BrN2O2S2. The molecule has 0 radical (unpaired) electrons. The maximum Gasteiger partial charge on any atom is 0.229 e. The van der Waals surface area contributed by atoms with E-state index in [2.05, 4.69) is 26.0 Å². The van der Waals surface area contributed by atoms with Gasteiger partial charge in [-0.25, -0.2) is 8.42 Å². The molecule has 1 unspecified atom stereocenters. The number of halogens is 1. The highest BCUT2D eigenvalue weighted by Crippen LogP contribution is 2.31. The van der Waals surface area contributed by atoms with Gasteiger partial charge in [0.2, 0.25) is 10.0 Å². The van der Waals surface area contributed by atoms with Crippen molar-refractivity contribution in [1.29, 1.82) is 0 Å². The van der Waals surface area contributed by atoms with E-state index in [9.17, 15) is 8.42 Å². The summed E-state index contributed by atoms with van der Waals surface area (Å²) in [6, 6.07) is 11.4. The van der Waals surface area contributed by atoms with Gasteiger partial charge in [0.1, 0.15) is 0 Å². The third-order valence-electron chi connectivity index (χ3n) is 2.62. The van der Waals surface area contributed by atoms with Crippen molar-refractivity contribution < 1.29 is 8.42 Å². The summed E-state index contributed by atoms with van der Waals surface area (Å²) < 4.78 is 26.3. The lowest BCUT2D eigenvalue weighted by Crippen LogP contribution is -2.13. The number of hydrogen-bond donors (Lipinski definition) is 2. The first-order chi connectivity index (χ1) is 9.35. The van der Waals surface area contributed by atoms with Crippen LogP contribution >= 0.6 is 27.3 Å². The Labute approximate surface area is 131 Å². The third-order valence-corrected chi connectivity index (χ3v) is 5.01. The number of thiophene rings is 1. The second-order valence-corrected chi connectivity index (χ2v) is 8.67. The number of sulfonamides is 1. The molecule has 7 heteroatoms. The molecule has 2 aromatic rings. The molecule has 1 heterocycles. The van der Waals surface area contributed by atoms with Gasteiger partial charge in [0, 0.05) is 4.88 Å². The van der Waals surface area contributed by atoms with E-state index >= 15 is 0 Å². The Morgan fingerprint density at radius 3 is 2.35 bits per heavy atom. The van der Waals surface area contributed by atoms with Crippen molar-refractivity contribution in [2.24, 2.45) is 0 Å². The highest BCUT2D eigenvalue weighted by Gasteiger charge is 2.12. The first kappa shape index (κ1) is 15.3. The van der Waals surface area contributed by atoms with Gasteiger partial charge in [0.05, 0.1) is 27.5 Å². The highest BCUT2D eigenvalue weighted by atomic mass is 79.9. The molecule has 4 nitrogen and oxygen atoms in total. The van der Waals surface area contributed by atoms with Gasteiger partial charge in [-0.3, -0.25) is 4.72 Å². The van der Waals surface area contributed by atoms with Crippen molar-refractivity contribution in [2.75, 3.05) is 16.3 Å². The summed E-state index contributed by atoms with van der Waals surface area (Å²) in [4.78, 5) is 1.17. The van der Waals surface area contributed by atoms with Crippen LogP contribution in [0.15, 0.2) is 40.2 Å². The van der Waals surface area contributed by atoms with Crippen LogP contribution in [-0.4, -0.2) is 14.7 Å². The Balaban J connectivity index is 2.21. The first-order valence-electron chi connectivity index (χ1n) is 5.94. The van der Waals surface area contributed by atoms with Gasteiger partial charge in [-0.15, -0.1) is 11.3 Å². The molecule has 1 aromatic carbocycles. The van der Waals surface area contributed by atoms with Crippen LogP contribution in [0.25, 0.3) is 0 Å². The van der Waals surface area contributed by atoms with Gasteiger partial charge < -0.3 is 5.32 Å². The quantitative estimate of drug-likeness (QED) is 0.829. The van der Waals surface area contributed by atoms with Crippen LogP contribution in [0.5, 0.6) is 0 Å². The normalized spacial score (nSPS) is 12.9. The second-order valence-electron chi connectivity index (χ2n) is 4.43. The molecule has 2 rings (SSSR count). The lowest BCUT2D eigenvalue weighted by molar-refractivity contribution is 0.607. The van der Waals surface area contributed by atoms with Crippen LogP contribution in [0.2, 0.25) is 0 Å². The molecule has 0 saturated heterocycles. The molecule has 108 valence electrons. The Kier molecular flexibility index (Phi) is 4.72. The van der Waals surface area contributed by atoms with Crippen molar-refractivity contribution in [3.8, 4) is 0 Å². The van der Waals surface area contributed by atoms with Gasteiger partial charge in [0.15, 0.2) is 0 Å². The minimum atomic E-state index is -3.29. The monoisotopic (exact) mass is 374 g/mol. The molecule has 0 aliphatic rings. The van der Waals surface area contributed by atoms with Gasteiger partial charge >= 0.3 is 0 Å². The number of anilines is 2. The van der Waals surface area contributed by atoms with E-state index in [0.717, 1.165) is 15.7 Å². The van der Waals surface area contributed by atoms with Crippen molar-refractivity contribution in [3.63, 3.8) is 0 Å². The summed E-state index contributed by atoms with van der Waals surface area (Å²) in [6.45, 7) is 2.04. The zero-order valence-corrected chi connectivity index (χ0v) is 14.3. The summed E-state index contributed by atoms with van der Waals surface area (Å²) in [7, 11) is -3.29. The Morgan fingerprint density at radius 1 is 1.15 bits per heavy atom. The molecule has 0 aliphatic carbocycles. The fourth-order valence-corrected chi connectivity index (χ4v) is 3.77. The summed E-state index contributed by atoms with van der Waals surface area (Å²) in [5.74, 6) is 0. The predicted molar refractivity (Wildman–Crippen MR) is 89.0 cm³/mol. The standard InChI is InChI=1S/C13H15BrN2O2S2/c1-9(12-7-8-13(14)19-12)15-10-5-3-4-6-11(10)16-20(2,17)18/h3-9,15-16H,1-2H3. The average Bonchev–Trinajstić information content (AvgIpc) is 2.77. The molecule has 1 atom stereocenters. The van der Waals surface area contributed by atoms with Crippen LogP contribution in [0.1, 0.15) is 17.8 Å². The zero-order chi connectivity index (χ0) is 14.8. The van der Waals surface area contributed by atoms with Gasteiger partial charge in [0.25, 0.3) is 0 Å². The second kappa shape index (κ2) is 6.15. The van der Waals surface area contributed by atoms with E-state index in [0.29, 0.717) is 5.69 Å². The van der Waals surface area contributed by atoms with Crippen LogP contribution in [0, 0.1) is 0 Å². The maximum absolute atomic E-state index is 11.4. The Bertz CT molecular complexity index is 698. The van der Waals surface area contributed by atoms with Crippen LogP contribution < -0.4 is 10.0 Å². The predicted octanol–water partition coefficient (Wildman–Crippen LogP) is 4.06. The zero-order valence-electron chi connectivity index (χ0n) is 11.1. The van der Waals surface area contributed by atoms with Gasteiger partial charge in [-0.2, -0.15) is 0 Å². The van der Waals surface area contributed by atoms with Crippen molar-refractivity contribution in [3.05, 3.63) is 45.1 Å². The molecule has 0 fully saturated rings. The molecule has 1 aromatic heterocycles. The molecule has 20 heavy (non-hydrogen) atoms. The number of rotatable bonds is 5. The molecular weight excluding hydrogens is 360 g/mol. The number of hydrogen-bond acceptors (Lipinski definition) is 4. The summed E-state index contributed by atoms with van der Waals surface area (Å²) in [5.41, 5.74) is 1.31. The minimum absolute atomic E-state index is 0.0915. The van der Waals surface area contributed by atoms with E-state index in [1.165, 1.54) is 4.88 Å². The van der Waals surface area contributed by atoms with Crippen LogP contribution in [-0.2, 0) is 10.0 Å². The molecule has 2 N–H and O–H groups in total. The fourth-order valence-electron chi connectivity index (χ4n) is 1.76. The van der Waals surface area contributed by atoms with E-state index in [-0.39, 0.29) is 6.04 Å². The smallest absolute Gasteiger partial charge is 0.229 e. The van der Waals surface area contributed by atoms with Crippen molar-refractivity contribution in [2.45, 2.75) is 13.0 Å². The molecule has 0 spiro atoms. The molecule has 0 aliphatic heterocycles. The van der Waals surface area contributed by atoms with E-state index in [1.54, 1.807) is 23.5 Å². The van der Waals surface area contributed by atoms with E-state index < -0.39 is 10.0 Å². The molecule has 0 bridgehead atoms. The number of nitrogens with one attached hydrogen (secondary N) is 2. The Hall–Kier alpha value is -1.05.